The van der Waals surface area contributed by atoms with Gasteiger partial charge in [-0.15, -0.1) is 11.3 Å². The molecule has 1 aliphatic carbocycles. The molecule has 3 aromatic rings. The Hall–Kier alpha value is -1.85. The number of nitrogens with one attached hydrogen (secondary N) is 1. The molecule has 2 fully saturated rings. The lowest BCUT2D eigenvalue weighted by Gasteiger charge is -2.38. The van der Waals surface area contributed by atoms with E-state index in [9.17, 15) is 0 Å². The minimum Gasteiger partial charge on any atom is -0.474 e. The Morgan fingerprint density at radius 2 is 1.94 bits per heavy atom. The molecule has 32 heavy (non-hydrogen) atoms. The fourth-order valence-electron chi connectivity index (χ4n) is 4.96. The van der Waals surface area contributed by atoms with Crippen LogP contribution >= 0.6 is 22.9 Å². The third-order valence-electron chi connectivity index (χ3n) is 6.60. The van der Waals surface area contributed by atoms with Gasteiger partial charge in [-0.2, -0.15) is 9.36 Å². The number of nitrogens with zero attached hydrogens (tertiary/aromatic N) is 4. The molecule has 5 heterocycles. The van der Waals surface area contributed by atoms with E-state index >= 15 is 0 Å². The van der Waals surface area contributed by atoms with Gasteiger partial charge in [0, 0.05) is 29.4 Å². The van der Waals surface area contributed by atoms with Crippen LogP contribution in [0.1, 0.15) is 36.1 Å². The Balaban J connectivity index is 1.24. The second kappa shape index (κ2) is 9.18. The zero-order valence-electron chi connectivity index (χ0n) is 17.9. The molecule has 1 saturated carbocycles. The average molecular weight is 474 g/mol. The highest BCUT2D eigenvalue weighted by Gasteiger charge is 2.30. The van der Waals surface area contributed by atoms with Gasteiger partial charge in [0.1, 0.15) is 10.9 Å². The summed E-state index contributed by atoms with van der Waals surface area (Å²) in [5, 5.41) is 6.32. The molecule has 0 aromatic carbocycles. The maximum Gasteiger partial charge on any atom is 0.231 e. The number of fused-ring (bicyclic) bond motifs is 3. The van der Waals surface area contributed by atoms with Gasteiger partial charge in [-0.1, -0.05) is 0 Å². The summed E-state index contributed by atoms with van der Waals surface area (Å²) >= 11 is 3.10. The van der Waals surface area contributed by atoms with Crippen molar-refractivity contribution in [3.63, 3.8) is 0 Å². The minimum atomic E-state index is 0.191. The molecule has 1 N–H and O–H groups in total. The number of thiophene rings is 1. The maximum absolute atomic E-state index is 6.61. The highest BCUT2D eigenvalue weighted by molar-refractivity contribution is 7.18. The van der Waals surface area contributed by atoms with Crippen molar-refractivity contribution in [3.8, 4) is 5.88 Å². The summed E-state index contributed by atoms with van der Waals surface area (Å²) in [7, 11) is 0. The van der Waals surface area contributed by atoms with Gasteiger partial charge in [0.25, 0.3) is 0 Å². The van der Waals surface area contributed by atoms with E-state index in [0.29, 0.717) is 18.6 Å². The Bertz CT molecular complexity index is 1060. The first-order valence-electron chi connectivity index (χ1n) is 11.4. The van der Waals surface area contributed by atoms with E-state index in [2.05, 4.69) is 14.6 Å². The van der Waals surface area contributed by atoms with E-state index in [-0.39, 0.29) is 6.10 Å². The van der Waals surface area contributed by atoms with Crippen LogP contribution in [0.4, 0.5) is 11.6 Å². The lowest BCUT2D eigenvalue weighted by molar-refractivity contribution is -0.00125. The van der Waals surface area contributed by atoms with Crippen molar-refractivity contribution in [2.45, 2.75) is 50.9 Å². The van der Waals surface area contributed by atoms with Crippen molar-refractivity contribution in [3.05, 3.63) is 22.0 Å². The van der Waals surface area contributed by atoms with Gasteiger partial charge in [-0.25, -0.2) is 4.98 Å². The number of anilines is 2. The van der Waals surface area contributed by atoms with E-state index < -0.39 is 0 Å². The number of hydrogen-bond donors (Lipinski definition) is 1. The second-order valence-corrected chi connectivity index (χ2v) is 10.3. The van der Waals surface area contributed by atoms with Crippen molar-refractivity contribution < 1.29 is 14.2 Å². The number of morpholine rings is 1. The molecule has 3 aliphatic rings. The van der Waals surface area contributed by atoms with E-state index in [1.54, 1.807) is 17.5 Å². The fourth-order valence-corrected chi connectivity index (χ4v) is 6.57. The summed E-state index contributed by atoms with van der Waals surface area (Å²) in [4.78, 5) is 14.4. The van der Waals surface area contributed by atoms with Crippen LogP contribution in [-0.2, 0) is 22.5 Å². The molecule has 1 saturated heterocycles. The average Bonchev–Trinajstić information content (AvgIpc) is 3.47. The highest BCUT2D eigenvalue weighted by Crippen LogP contribution is 2.40. The predicted octanol–water partition coefficient (Wildman–Crippen LogP) is 3.99. The van der Waals surface area contributed by atoms with Crippen LogP contribution in [0.25, 0.3) is 10.2 Å². The largest absolute Gasteiger partial charge is 0.474 e. The standard InChI is InChI=1S/C22H27N5O3S2/c1-3-16(4-2-15(1)27-6-9-28-10-7-27)30-20-19-17-5-8-29-12-18(17)32-21(19)26-22(25-20)24-14-11-23-31-13-14/h11,13,15-16H,1-10,12H2,(H,24,25,26)/t15-,16-. The van der Waals surface area contributed by atoms with Gasteiger partial charge in [0.15, 0.2) is 0 Å². The Labute approximate surface area is 195 Å². The molecule has 0 radical (unpaired) electrons. The third-order valence-corrected chi connectivity index (χ3v) is 8.29. The van der Waals surface area contributed by atoms with Crippen molar-refractivity contribution >= 4 is 44.7 Å². The fraction of sp³-hybridized carbons (Fsp3) is 0.591. The molecular weight excluding hydrogens is 446 g/mol. The molecule has 8 nitrogen and oxygen atoms in total. The van der Waals surface area contributed by atoms with Gasteiger partial charge in [-0.3, -0.25) is 4.90 Å². The molecule has 0 unspecified atom stereocenters. The third kappa shape index (κ3) is 4.22. The van der Waals surface area contributed by atoms with Gasteiger partial charge < -0.3 is 19.5 Å². The predicted molar refractivity (Wildman–Crippen MR) is 125 cm³/mol. The molecule has 170 valence electrons. The van der Waals surface area contributed by atoms with Crippen LogP contribution in [0.2, 0.25) is 0 Å². The zero-order chi connectivity index (χ0) is 21.3. The summed E-state index contributed by atoms with van der Waals surface area (Å²) in [6.07, 6.45) is 7.32. The topological polar surface area (TPSA) is 81.6 Å². The molecule has 0 atom stereocenters. The quantitative estimate of drug-likeness (QED) is 0.596. The van der Waals surface area contributed by atoms with Crippen molar-refractivity contribution in [2.75, 3.05) is 38.2 Å². The Morgan fingerprint density at radius 3 is 2.75 bits per heavy atom. The van der Waals surface area contributed by atoms with E-state index in [0.717, 1.165) is 74.0 Å². The van der Waals surface area contributed by atoms with Gasteiger partial charge in [0.2, 0.25) is 11.8 Å². The normalized spacial score (nSPS) is 24.4. The Kier molecular flexibility index (Phi) is 5.95. The van der Waals surface area contributed by atoms with Crippen LogP contribution in [0.15, 0.2) is 11.6 Å². The maximum atomic E-state index is 6.61. The van der Waals surface area contributed by atoms with Crippen LogP contribution in [-0.4, -0.2) is 64.3 Å². The van der Waals surface area contributed by atoms with Crippen LogP contribution in [0, 0.1) is 0 Å². The van der Waals surface area contributed by atoms with E-state index in [1.807, 2.05) is 5.38 Å². The van der Waals surface area contributed by atoms with Gasteiger partial charge in [0.05, 0.1) is 43.7 Å². The first-order valence-corrected chi connectivity index (χ1v) is 13.0. The first kappa shape index (κ1) is 20.7. The van der Waals surface area contributed by atoms with Crippen molar-refractivity contribution in [1.82, 2.24) is 19.2 Å². The van der Waals surface area contributed by atoms with Gasteiger partial charge >= 0.3 is 0 Å². The molecule has 3 aromatic heterocycles. The van der Waals surface area contributed by atoms with Crippen LogP contribution < -0.4 is 10.1 Å². The molecule has 10 heteroatoms. The second-order valence-electron chi connectivity index (χ2n) is 8.57. The zero-order valence-corrected chi connectivity index (χ0v) is 19.6. The summed E-state index contributed by atoms with van der Waals surface area (Å²) in [6.45, 7) is 5.22. The molecule has 0 spiro atoms. The lowest BCUT2D eigenvalue weighted by Crippen LogP contribution is -2.46. The molecule has 2 aliphatic heterocycles. The van der Waals surface area contributed by atoms with Crippen molar-refractivity contribution in [2.24, 2.45) is 0 Å². The van der Waals surface area contributed by atoms with Crippen LogP contribution in [0.5, 0.6) is 5.88 Å². The summed E-state index contributed by atoms with van der Waals surface area (Å²) in [5.41, 5.74) is 2.20. The van der Waals surface area contributed by atoms with Crippen molar-refractivity contribution in [1.29, 1.82) is 0 Å². The SMILES string of the molecule is c1nscc1Nc1nc(O[C@H]2CC[C@H](N3CCOCC3)CC2)c2c3c(sc2n1)COCC3. The van der Waals surface area contributed by atoms with E-state index in [4.69, 9.17) is 24.2 Å². The summed E-state index contributed by atoms with van der Waals surface area (Å²) < 4.78 is 22.0. The van der Waals surface area contributed by atoms with Gasteiger partial charge in [-0.05, 0) is 49.2 Å². The van der Waals surface area contributed by atoms with E-state index in [1.165, 1.54) is 34.8 Å². The van der Waals surface area contributed by atoms with Crippen LogP contribution in [0.3, 0.4) is 0 Å². The number of hydrogen-bond acceptors (Lipinski definition) is 10. The first-order chi connectivity index (χ1) is 15.8. The molecule has 0 bridgehead atoms. The molecular formula is C22H27N5O3S2. The highest BCUT2D eigenvalue weighted by atomic mass is 32.1. The lowest BCUT2D eigenvalue weighted by atomic mass is 9.91. The monoisotopic (exact) mass is 473 g/mol. The summed E-state index contributed by atoms with van der Waals surface area (Å²) in [5.74, 6) is 1.28. The number of ether oxygens (including phenoxy) is 3. The number of rotatable bonds is 5. The number of aromatic nitrogens is 3. The minimum absolute atomic E-state index is 0.191. The molecule has 6 rings (SSSR count). The Morgan fingerprint density at radius 1 is 1.06 bits per heavy atom. The summed E-state index contributed by atoms with van der Waals surface area (Å²) in [6, 6.07) is 0.651. The smallest absolute Gasteiger partial charge is 0.231 e. The molecule has 0 amide bonds.